The van der Waals surface area contributed by atoms with Crippen molar-refractivity contribution in [3.63, 3.8) is 0 Å². The fourth-order valence-corrected chi connectivity index (χ4v) is 7.29. The Bertz CT molecular complexity index is 810. The molecule has 60 heavy (non-hydrogen) atoms. The van der Waals surface area contributed by atoms with Crippen LogP contribution < -0.4 is 11.1 Å². The minimum absolute atomic E-state index is 0.0143. The molecule has 0 radical (unpaired) electrons. The number of hydrogen-bond donors (Lipinski definition) is 2. The molecule has 0 atom stereocenters. The highest BCUT2D eigenvalue weighted by atomic mass is 16.6. The van der Waals surface area contributed by atoms with Crippen LogP contribution in [0.4, 0.5) is 0 Å². The van der Waals surface area contributed by atoms with Gasteiger partial charge in [0.15, 0.2) is 0 Å². The van der Waals surface area contributed by atoms with Gasteiger partial charge in [-0.05, 0) is 83.5 Å². The van der Waals surface area contributed by atoms with Crippen molar-refractivity contribution in [2.45, 2.75) is 239 Å². The molecule has 0 aromatic heterocycles. The Morgan fingerprint density at radius 2 is 1.05 bits per heavy atom. The highest BCUT2D eigenvalue weighted by molar-refractivity contribution is 5.71. The van der Waals surface area contributed by atoms with Crippen LogP contribution in [0.3, 0.4) is 0 Å². The highest BCUT2D eigenvalue weighted by Gasteiger charge is 2.08. The van der Waals surface area contributed by atoms with E-state index in [2.05, 4.69) is 59.6 Å². The van der Waals surface area contributed by atoms with E-state index >= 15 is 0 Å². The van der Waals surface area contributed by atoms with Crippen LogP contribution in [-0.2, 0) is 23.9 Å². The fourth-order valence-electron chi connectivity index (χ4n) is 7.29. The van der Waals surface area contributed by atoms with Gasteiger partial charge in [0.2, 0.25) is 0 Å². The van der Waals surface area contributed by atoms with Crippen LogP contribution in [0.15, 0.2) is 10.1 Å². The van der Waals surface area contributed by atoms with Crippen molar-refractivity contribution in [1.29, 1.82) is 0 Å². The Kier molecular flexibility index (Phi) is 59.4. The van der Waals surface area contributed by atoms with E-state index in [-0.39, 0.29) is 6.02 Å². The van der Waals surface area contributed by atoms with Crippen molar-refractivity contribution in [2.24, 2.45) is 21.8 Å². The van der Waals surface area contributed by atoms with Crippen LogP contribution in [0, 0.1) is 5.92 Å². The minimum atomic E-state index is 0.0143. The Labute approximate surface area is 373 Å². The first-order valence-electron chi connectivity index (χ1n) is 25.2. The lowest BCUT2D eigenvalue weighted by molar-refractivity contribution is -0.108. The van der Waals surface area contributed by atoms with Crippen LogP contribution in [-0.4, -0.2) is 90.0 Å². The molecule has 10 nitrogen and oxygen atoms in total. The van der Waals surface area contributed by atoms with Gasteiger partial charge in [-0.25, -0.2) is 4.99 Å². The number of oxime groups is 1. The van der Waals surface area contributed by atoms with Gasteiger partial charge in [-0.15, -0.1) is 0 Å². The molecule has 0 saturated heterocycles. The summed E-state index contributed by atoms with van der Waals surface area (Å²) in [5.41, 5.74) is 5.47. The highest BCUT2D eigenvalue weighted by Crippen LogP contribution is 2.20. The number of methoxy groups -OCH3 is 2. The molecule has 0 heterocycles. The molecule has 0 spiro atoms. The predicted octanol–water partition coefficient (Wildman–Crippen LogP) is 13.0. The second-order valence-corrected chi connectivity index (χ2v) is 16.7. The topological polar surface area (TPSA) is 128 Å². The Morgan fingerprint density at radius 1 is 0.600 bits per heavy atom. The van der Waals surface area contributed by atoms with Crippen LogP contribution in [0.25, 0.3) is 0 Å². The molecule has 0 aromatic rings. The van der Waals surface area contributed by atoms with Gasteiger partial charge in [0.05, 0.1) is 12.8 Å². The number of carbonyl (C=O) groups excluding carboxylic acids is 2. The molecular weight excluding hydrogens is 751 g/mol. The summed E-state index contributed by atoms with van der Waals surface area (Å²) in [5, 5.41) is 6.44. The van der Waals surface area contributed by atoms with E-state index in [1.54, 1.807) is 7.11 Å². The van der Waals surface area contributed by atoms with E-state index in [9.17, 15) is 9.59 Å². The van der Waals surface area contributed by atoms with E-state index in [0.717, 1.165) is 83.4 Å². The molecule has 358 valence electrons. The lowest BCUT2D eigenvalue weighted by Gasteiger charge is -2.22. The molecule has 0 fully saturated rings. The van der Waals surface area contributed by atoms with Crippen molar-refractivity contribution in [2.75, 3.05) is 53.7 Å². The van der Waals surface area contributed by atoms with Gasteiger partial charge < -0.3 is 34.5 Å². The Hall–Kier alpha value is -1.88. The number of carbonyl (C=O) groups is 2. The monoisotopic (exact) mass is 854 g/mol. The first-order valence-corrected chi connectivity index (χ1v) is 25.2. The quantitative estimate of drug-likeness (QED) is 0.0204. The number of unbranched alkanes of at least 4 members (excludes halogenated alkanes) is 20. The van der Waals surface area contributed by atoms with Crippen LogP contribution in [0.5, 0.6) is 0 Å². The SMILES string of the molecule is C=NO/C(N)=N\CNCCCN(CCCCCCCC=O)CCCCCCCC=O.CCCCC(CCCC)CCOC.CCCCCCCC(CCCCCCC)OC. The number of nitrogens with two attached hydrogens (primary N) is 1. The van der Waals surface area contributed by atoms with Crippen molar-refractivity contribution >= 4 is 25.3 Å². The minimum Gasteiger partial charge on any atom is -0.385 e. The summed E-state index contributed by atoms with van der Waals surface area (Å²) in [7, 11) is 3.68. The van der Waals surface area contributed by atoms with Gasteiger partial charge in [-0.3, -0.25) is 5.32 Å². The maximum atomic E-state index is 10.4. The van der Waals surface area contributed by atoms with Gasteiger partial charge in [0.25, 0.3) is 0 Å². The largest absolute Gasteiger partial charge is 0.385 e. The molecule has 10 heteroatoms. The van der Waals surface area contributed by atoms with Gasteiger partial charge >= 0.3 is 6.02 Å². The number of amidine groups is 1. The summed E-state index contributed by atoms with van der Waals surface area (Å²) in [6.07, 6.45) is 42.4. The summed E-state index contributed by atoms with van der Waals surface area (Å²) in [5.74, 6) is 0.917. The van der Waals surface area contributed by atoms with Crippen LogP contribution in [0.1, 0.15) is 233 Å². The van der Waals surface area contributed by atoms with E-state index in [0.29, 0.717) is 25.6 Å². The lowest BCUT2D eigenvalue weighted by Crippen LogP contribution is -2.30. The average molecular weight is 854 g/mol. The predicted molar refractivity (Wildman–Crippen MR) is 260 cm³/mol. The maximum Gasteiger partial charge on any atom is 0.313 e. The fraction of sp³-hybridized carbons (Fsp3) is 0.920. The van der Waals surface area contributed by atoms with E-state index in [1.165, 1.54) is 161 Å². The molecule has 0 amide bonds. The van der Waals surface area contributed by atoms with Crippen molar-refractivity contribution in [1.82, 2.24) is 10.2 Å². The third-order valence-electron chi connectivity index (χ3n) is 11.2. The van der Waals surface area contributed by atoms with Gasteiger partial charge in [-0.2, -0.15) is 0 Å². The summed E-state index contributed by atoms with van der Waals surface area (Å²) in [6.45, 7) is 17.8. The molecule has 0 aliphatic carbocycles. The van der Waals surface area contributed by atoms with Gasteiger partial charge in [-0.1, -0.05) is 174 Å². The number of nitrogens with one attached hydrogen (secondary N) is 1. The third-order valence-corrected chi connectivity index (χ3v) is 11.2. The van der Waals surface area contributed by atoms with Crippen LogP contribution >= 0.6 is 0 Å². The molecule has 0 aromatic carbocycles. The van der Waals surface area contributed by atoms with Gasteiger partial charge in [0, 0.05) is 40.4 Å². The number of aldehydes is 2. The molecule has 0 bridgehead atoms. The zero-order valence-electron chi connectivity index (χ0n) is 40.8. The maximum absolute atomic E-state index is 10.4. The first-order chi connectivity index (χ1) is 29.4. The summed E-state index contributed by atoms with van der Waals surface area (Å²) >= 11 is 0. The average Bonchev–Trinajstić information content (AvgIpc) is 3.26. The molecule has 0 unspecified atom stereocenters. The Balaban J connectivity index is -0.000000909. The van der Waals surface area contributed by atoms with E-state index in [1.807, 2.05) is 7.11 Å². The third kappa shape index (κ3) is 54.1. The lowest BCUT2D eigenvalue weighted by atomic mass is 9.93. The standard InChI is InChI=1S/C22H43N5O3.C16H34O.C12H26O/c1-24-30-22(23)26-21-25-15-14-18-27(16-10-6-2-4-8-12-19-28)17-11-7-3-5-9-13-20-29;1-4-6-8-10-12-14-16(17-3)15-13-11-9-7-5-2;1-4-6-8-12(9-7-5-2)10-11-13-3/h19-20,25H,1-18,21H2,(H2,23,26);16H,4-15H2,1-3H3;12H,4-11H2,1-3H3. The zero-order chi connectivity index (χ0) is 44.8. The normalized spacial score (nSPS) is 11.4. The summed E-state index contributed by atoms with van der Waals surface area (Å²) in [6, 6.07) is 0.0143. The molecule has 3 N–H and O–H groups in total. The van der Waals surface area contributed by atoms with Crippen molar-refractivity contribution in [3.8, 4) is 0 Å². The summed E-state index contributed by atoms with van der Waals surface area (Å²) in [4.78, 5) is 31.9. The number of nitrogens with zero attached hydrogens (tertiary/aromatic N) is 3. The van der Waals surface area contributed by atoms with Crippen LogP contribution in [0.2, 0.25) is 0 Å². The molecule has 0 rings (SSSR count). The zero-order valence-corrected chi connectivity index (χ0v) is 40.8. The molecular formula is C50H103N5O5. The van der Waals surface area contributed by atoms with Gasteiger partial charge in [0.1, 0.15) is 12.6 Å². The Morgan fingerprint density at radius 3 is 1.50 bits per heavy atom. The second kappa shape index (κ2) is 57.1. The second-order valence-electron chi connectivity index (χ2n) is 16.7. The number of ether oxygens (including phenoxy) is 2. The number of hydrogen-bond acceptors (Lipinski definition) is 9. The molecule has 0 aliphatic rings. The first kappa shape index (κ1) is 62.4. The van der Waals surface area contributed by atoms with E-state index < -0.39 is 0 Å². The van der Waals surface area contributed by atoms with E-state index in [4.69, 9.17) is 15.2 Å². The smallest absolute Gasteiger partial charge is 0.313 e. The number of aliphatic imine (C=N–C) groups is 1. The van der Waals surface area contributed by atoms with Crippen molar-refractivity contribution < 1.29 is 23.9 Å². The molecule has 0 aliphatic heterocycles. The molecule has 0 saturated carbocycles. The van der Waals surface area contributed by atoms with Crippen molar-refractivity contribution in [3.05, 3.63) is 0 Å². The summed E-state index contributed by atoms with van der Waals surface area (Å²) < 4.78 is 10.7. The number of rotatable bonds is 45.